The first-order valence-electron chi connectivity index (χ1n) is 6.52. The first-order chi connectivity index (χ1) is 8.86. The number of primary sulfonamides is 1. The van der Waals surface area contributed by atoms with Gasteiger partial charge in [-0.05, 0) is 42.9 Å². The van der Waals surface area contributed by atoms with Crippen LogP contribution in [0.2, 0.25) is 0 Å². The third-order valence-corrected chi connectivity index (χ3v) is 4.65. The Morgan fingerprint density at radius 1 is 1.37 bits per heavy atom. The van der Waals surface area contributed by atoms with Crippen molar-refractivity contribution in [2.45, 2.75) is 37.5 Å². The number of nitrogens with one attached hydrogen (secondary N) is 1. The van der Waals surface area contributed by atoms with Crippen molar-refractivity contribution in [3.8, 4) is 0 Å². The maximum Gasteiger partial charge on any atom is 0.240 e. The molecule has 0 atom stereocenters. The van der Waals surface area contributed by atoms with E-state index in [1.165, 1.54) is 25.3 Å². The molecule has 0 bridgehead atoms. The molecule has 0 amide bonds. The normalized spacial score (nSPS) is 17.2. The SMILES string of the molecule is CCCC1(CNc2ccc(N)cc2S(N)(=O)=O)CC1. The molecule has 1 aliphatic carbocycles. The zero-order chi connectivity index (χ0) is 14.1. The first kappa shape index (κ1) is 14.1. The van der Waals surface area contributed by atoms with Gasteiger partial charge in [-0.15, -0.1) is 0 Å². The van der Waals surface area contributed by atoms with Gasteiger partial charge in [0.2, 0.25) is 10.0 Å². The number of benzene rings is 1. The zero-order valence-corrected chi connectivity index (χ0v) is 12.0. The van der Waals surface area contributed by atoms with Gasteiger partial charge in [-0.25, -0.2) is 13.6 Å². The zero-order valence-electron chi connectivity index (χ0n) is 11.1. The number of rotatable bonds is 6. The topological polar surface area (TPSA) is 98.2 Å². The van der Waals surface area contributed by atoms with Crippen molar-refractivity contribution in [1.82, 2.24) is 0 Å². The highest BCUT2D eigenvalue weighted by atomic mass is 32.2. The van der Waals surface area contributed by atoms with Gasteiger partial charge in [0.15, 0.2) is 0 Å². The Hall–Kier alpha value is -1.27. The monoisotopic (exact) mass is 283 g/mol. The van der Waals surface area contributed by atoms with Gasteiger partial charge in [0, 0.05) is 12.2 Å². The smallest absolute Gasteiger partial charge is 0.240 e. The Labute approximate surface area is 114 Å². The fourth-order valence-electron chi connectivity index (χ4n) is 2.43. The van der Waals surface area contributed by atoms with Crippen molar-refractivity contribution in [3.63, 3.8) is 0 Å². The molecule has 1 saturated carbocycles. The molecule has 2 rings (SSSR count). The Balaban J connectivity index is 2.17. The van der Waals surface area contributed by atoms with Gasteiger partial charge in [0.25, 0.3) is 0 Å². The molecule has 0 aromatic heterocycles. The number of sulfonamides is 1. The summed E-state index contributed by atoms with van der Waals surface area (Å²) < 4.78 is 23.1. The van der Waals surface area contributed by atoms with E-state index in [4.69, 9.17) is 10.9 Å². The summed E-state index contributed by atoms with van der Waals surface area (Å²) in [6.07, 6.45) is 4.71. The predicted molar refractivity (Wildman–Crippen MR) is 77.3 cm³/mol. The van der Waals surface area contributed by atoms with Gasteiger partial charge in [-0.2, -0.15) is 0 Å². The summed E-state index contributed by atoms with van der Waals surface area (Å²) in [7, 11) is -3.76. The Bertz CT molecular complexity index is 565. The Morgan fingerprint density at radius 2 is 2.05 bits per heavy atom. The number of hydrogen-bond acceptors (Lipinski definition) is 4. The molecule has 106 valence electrons. The number of anilines is 2. The highest BCUT2D eigenvalue weighted by Gasteiger charge is 2.41. The molecule has 6 heteroatoms. The van der Waals surface area contributed by atoms with Crippen molar-refractivity contribution in [2.75, 3.05) is 17.6 Å². The van der Waals surface area contributed by atoms with Gasteiger partial charge in [0.1, 0.15) is 4.90 Å². The molecule has 0 radical (unpaired) electrons. The van der Waals surface area contributed by atoms with Crippen LogP contribution in [-0.2, 0) is 10.0 Å². The van der Waals surface area contributed by atoms with Crippen LogP contribution in [0.3, 0.4) is 0 Å². The van der Waals surface area contributed by atoms with E-state index in [2.05, 4.69) is 12.2 Å². The third-order valence-electron chi connectivity index (χ3n) is 3.70. The molecule has 5 N–H and O–H groups in total. The molecule has 5 nitrogen and oxygen atoms in total. The van der Waals surface area contributed by atoms with Crippen molar-refractivity contribution < 1.29 is 8.42 Å². The second kappa shape index (κ2) is 5.02. The lowest BCUT2D eigenvalue weighted by Crippen LogP contribution is -2.19. The molecule has 0 unspecified atom stereocenters. The number of nitrogens with two attached hydrogens (primary N) is 2. The highest BCUT2D eigenvalue weighted by Crippen LogP contribution is 2.49. The second-order valence-corrected chi connectivity index (χ2v) is 6.93. The maximum absolute atomic E-state index is 11.6. The molecule has 0 saturated heterocycles. The standard InChI is InChI=1S/C13H21N3O2S/c1-2-5-13(6-7-13)9-16-11-4-3-10(14)8-12(11)19(15,17)18/h3-4,8,16H,2,5-7,9,14H2,1H3,(H2,15,17,18). The Morgan fingerprint density at radius 3 is 2.58 bits per heavy atom. The summed E-state index contributed by atoms with van der Waals surface area (Å²) in [6.45, 7) is 2.95. The summed E-state index contributed by atoms with van der Waals surface area (Å²) >= 11 is 0. The molecule has 0 heterocycles. The van der Waals surface area contributed by atoms with Crippen LogP contribution in [0, 0.1) is 5.41 Å². The van der Waals surface area contributed by atoms with Gasteiger partial charge >= 0.3 is 0 Å². The predicted octanol–water partition coefficient (Wildman–Crippen LogP) is 1.91. The fraction of sp³-hybridized carbons (Fsp3) is 0.538. The van der Waals surface area contributed by atoms with Crippen LogP contribution in [0.5, 0.6) is 0 Å². The maximum atomic E-state index is 11.6. The summed E-state index contributed by atoms with van der Waals surface area (Å²) in [5.74, 6) is 0. The fourth-order valence-corrected chi connectivity index (χ4v) is 3.17. The quantitative estimate of drug-likeness (QED) is 0.694. The van der Waals surface area contributed by atoms with Crippen LogP contribution in [0.15, 0.2) is 23.1 Å². The molecule has 0 aliphatic heterocycles. The van der Waals surface area contributed by atoms with E-state index in [1.54, 1.807) is 12.1 Å². The summed E-state index contributed by atoms with van der Waals surface area (Å²) in [4.78, 5) is 0.0693. The van der Waals surface area contributed by atoms with Crippen molar-refractivity contribution in [3.05, 3.63) is 18.2 Å². The minimum Gasteiger partial charge on any atom is -0.399 e. The molecular formula is C13H21N3O2S. The van der Waals surface area contributed by atoms with Crippen LogP contribution in [-0.4, -0.2) is 15.0 Å². The average molecular weight is 283 g/mol. The van der Waals surface area contributed by atoms with Gasteiger partial charge in [-0.3, -0.25) is 0 Å². The van der Waals surface area contributed by atoms with E-state index < -0.39 is 10.0 Å². The van der Waals surface area contributed by atoms with Crippen LogP contribution in [0.4, 0.5) is 11.4 Å². The van der Waals surface area contributed by atoms with Crippen LogP contribution >= 0.6 is 0 Å². The minimum absolute atomic E-state index is 0.0693. The lowest BCUT2D eigenvalue weighted by atomic mass is 10.0. The summed E-state index contributed by atoms with van der Waals surface area (Å²) in [5.41, 5.74) is 6.89. The van der Waals surface area contributed by atoms with Gasteiger partial charge in [-0.1, -0.05) is 13.3 Å². The Kier molecular flexibility index (Phi) is 3.73. The summed E-state index contributed by atoms with van der Waals surface area (Å²) in [6, 6.07) is 4.75. The molecule has 1 aromatic carbocycles. The van der Waals surface area contributed by atoms with E-state index in [-0.39, 0.29) is 4.90 Å². The van der Waals surface area contributed by atoms with E-state index in [1.807, 2.05) is 0 Å². The average Bonchev–Trinajstić information content (AvgIpc) is 3.07. The van der Waals surface area contributed by atoms with Gasteiger partial charge in [0.05, 0.1) is 5.69 Å². The number of hydrogen-bond donors (Lipinski definition) is 3. The van der Waals surface area contributed by atoms with E-state index in [0.29, 0.717) is 16.8 Å². The molecule has 1 aliphatic rings. The highest BCUT2D eigenvalue weighted by molar-refractivity contribution is 7.89. The largest absolute Gasteiger partial charge is 0.399 e. The van der Waals surface area contributed by atoms with E-state index in [0.717, 1.165) is 13.0 Å². The van der Waals surface area contributed by atoms with E-state index >= 15 is 0 Å². The van der Waals surface area contributed by atoms with Crippen LogP contribution in [0.25, 0.3) is 0 Å². The summed E-state index contributed by atoms with van der Waals surface area (Å²) in [5, 5.41) is 8.44. The molecule has 1 fully saturated rings. The van der Waals surface area contributed by atoms with Crippen molar-refractivity contribution in [2.24, 2.45) is 10.6 Å². The first-order valence-corrected chi connectivity index (χ1v) is 8.07. The lowest BCUT2D eigenvalue weighted by Gasteiger charge is -2.17. The third kappa shape index (κ3) is 3.39. The van der Waals surface area contributed by atoms with E-state index in [9.17, 15) is 8.42 Å². The minimum atomic E-state index is -3.76. The molecule has 1 aromatic rings. The van der Waals surface area contributed by atoms with Crippen LogP contribution < -0.4 is 16.2 Å². The molecule has 0 spiro atoms. The van der Waals surface area contributed by atoms with Crippen molar-refractivity contribution >= 4 is 21.4 Å². The van der Waals surface area contributed by atoms with Crippen LogP contribution in [0.1, 0.15) is 32.6 Å². The molecular weight excluding hydrogens is 262 g/mol. The van der Waals surface area contributed by atoms with Gasteiger partial charge < -0.3 is 11.1 Å². The molecule has 19 heavy (non-hydrogen) atoms. The number of nitrogen functional groups attached to an aromatic ring is 1. The second-order valence-electron chi connectivity index (χ2n) is 5.40. The van der Waals surface area contributed by atoms with Crippen molar-refractivity contribution in [1.29, 1.82) is 0 Å². The lowest BCUT2D eigenvalue weighted by molar-refractivity contribution is 0.485.